The number of rotatable bonds is 13. The largest absolute Gasteiger partial charge is 0.491 e. The predicted octanol–water partition coefficient (Wildman–Crippen LogP) is 6.36. The van der Waals surface area contributed by atoms with Gasteiger partial charge in [0, 0.05) is 11.8 Å². The molecule has 5 rings (SSSR count). The van der Waals surface area contributed by atoms with E-state index in [9.17, 15) is 0 Å². The molecular formula is C30H36O4. The van der Waals surface area contributed by atoms with Crippen molar-refractivity contribution in [3.8, 4) is 11.5 Å². The second-order valence-electron chi connectivity index (χ2n) is 9.60. The molecule has 2 fully saturated rings. The molecule has 0 N–H and O–H groups in total. The van der Waals surface area contributed by atoms with Gasteiger partial charge < -0.3 is 18.9 Å². The standard InChI is InChI=1S/C30H36O4/c1-2-3-4-5-6-26-17-25(13-16-30(26)34-21-29-20-33-29)24-9-7-22(8-10-24)23-11-14-27(15-12-23)31-18-28-19-32-28/h7-17,22,24,28-29H,2-6,18-21H2,1H3. The molecule has 2 saturated heterocycles. The van der Waals surface area contributed by atoms with Gasteiger partial charge in [-0.1, -0.05) is 74.8 Å². The molecule has 180 valence electrons. The van der Waals surface area contributed by atoms with Crippen molar-refractivity contribution >= 4 is 0 Å². The summed E-state index contributed by atoms with van der Waals surface area (Å²) in [5.74, 6) is 2.52. The van der Waals surface area contributed by atoms with Gasteiger partial charge in [-0.2, -0.15) is 0 Å². The second-order valence-corrected chi connectivity index (χ2v) is 9.60. The molecule has 4 heteroatoms. The number of allylic oxidation sites excluding steroid dienone is 4. The topological polar surface area (TPSA) is 43.5 Å². The highest BCUT2D eigenvalue weighted by Crippen LogP contribution is 2.33. The van der Waals surface area contributed by atoms with Crippen molar-refractivity contribution in [2.24, 2.45) is 0 Å². The molecule has 2 aromatic carbocycles. The molecule has 0 saturated carbocycles. The summed E-state index contributed by atoms with van der Waals surface area (Å²) < 4.78 is 22.4. The van der Waals surface area contributed by atoms with E-state index < -0.39 is 0 Å². The molecule has 2 aliphatic heterocycles. The van der Waals surface area contributed by atoms with Crippen LogP contribution in [0.3, 0.4) is 0 Å². The Labute approximate surface area is 203 Å². The van der Waals surface area contributed by atoms with Crippen molar-refractivity contribution in [3.05, 3.63) is 83.5 Å². The average Bonchev–Trinajstić information content (AvgIpc) is 3.80. The molecule has 0 radical (unpaired) electrons. The molecule has 0 amide bonds. The van der Waals surface area contributed by atoms with Crippen molar-refractivity contribution < 1.29 is 18.9 Å². The molecule has 2 atom stereocenters. The van der Waals surface area contributed by atoms with Gasteiger partial charge in [0.05, 0.1) is 13.2 Å². The Morgan fingerprint density at radius 1 is 0.735 bits per heavy atom. The van der Waals surface area contributed by atoms with Crippen LogP contribution in [-0.4, -0.2) is 38.6 Å². The zero-order chi connectivity index (χ0) is 23.2. The van der Waals surface area contributed by atoms with Crippen molar-refractivity contribution in [1.29, 1.82) is 0 Å². The van der Waals surface area contributed by atoms with Crippen LogP contribution in [0.1, 0.15) is 61.1 Å². The molecule has 0 bridgehead atoms. The van der Waals surface area contributed by atoms with Crippen molar-refractivity contribution in [2.45, 2.75) is 63.1 Å². The van der Waals surface area contributed by atoms with Gasteiger partial charge >= 0.3 is 0 Å². The Balaban J connectivity index is 1.21. The van der Waals surface area contributed by atoms with Gasteiger partial charge in [0.25, 0.3) is 0 Å². The molecule has 2 heterocycles. The summed E-state index contributed by atoms with van der Waals surface area (Å²) in [5.41, 5.74) is 3.94. The minimum Gasteiger partial charge on any atom is -0.491 e. The molecule has 2 unspecified atom stereocenters. The van der Waals surface area contributed by atoms with Crippen LogP contribution in [0, 0.1) is 0 Å². The quantitative estimate of drug-likeness (QED) is 0.198. The predicted molar refractivity (Wildman–Crippen MR) is 135 cm³/mol. The van der Waals surface area contributed by atoms with Gasteiger partial charge in [0.1, 0.15) is 36.9 Å². The highest BCUT2D eigenvalue weighted by Gasteiger charge is 2.24. The molecular weight excluding hydrogens is 424 g/mol. The van der Waals surface area contributed by atoms with Gasteiger partial charge in [0.2, 0.25) is 0 Å². The first kappa shape index (κ1) is 23.2. The first-order chi connectivity index (χ1) is 16.8. The summed E-state index contributed by atoms with van der Waals surface area (Å²) in [6, 6.07) is 15.2. The normalized spacial score (nSPS) is 24.7. The second kappa shape index (κ2) is 11.2. The number of hydrogen-bond acceptors (Lipinski definition) is 4. The van der Waals surface area contributed by atoms with E-state index in [4.69, 9.17) is 18.9 Å². The molecule has 0 spiro atoms. The lowest BCUT2D eigenvalue weighted by Gasteiger charge is -2.20. The highest BCUT2D eigenvalue weighted by molar-refractivity contribution is 5.44. The summed E-state index contributed by atoms with van der Waals surface area (Å²) >= 11 is 0. The van der Waals surface area contributed by atoms with E-state index in [0.29, 0.717) is 25.0 Å². The Hall–Kier alpha value is -2.56. The first-order valence-corrected chi connectivity index (χ1v) is 12.9. The minimum atomic E-state index is 0.279. The SMILES string of the molecule is CCCCCCc1cc(C2C=CC(c3ccc(OCC4CO4)cc3)C=C2)ccc1OCC1CO1. The number of epoxide rings is 2. The fraction of sp³-hybridized carbons (Fsp3) is 0.467. The molecule has 3 aliphatic rings. The molecule has 4 nitrogen and oxygen atoms in total. The third-order valence-electron chi connectivity index (χ3n) is 6.75. The lowest BCUT2D eigenvalue weighted by Crippen LogP contribution is -2.07. The smallest absolute Gasteiger partial charge is 0.122 e. The zero-order valence-corrected chi connectivity index (χ0v) is 20.2. The Morgan fingerprint density at radius 3 is 2.00 bits per heavy atom. The number of benzene rings is 2. The fourth-order valence-electron chi connectivity index (χ4n) is 4.42. The van der Waals surface area contributed by atoms with Crippen LogP contribution in [0.25, 0.3) is 0 Å². The number of unbranched alkanes of at least 4 members (excludes halogenated alkanes) is 3. The maximum absolute atomic E-state index is 6.10. The maximum atomic E-state index is 6.10. The van der Waals surface area contributed by atoms with Crippen LogP contribution in [-0.2, 0) is 15.9 Å². The van der Waals surface area contributed by atoms with Crippen LogP contribution in [0.2, 0.25) is 0 Å². The van der Waals surface area contributed by atoms with E-state index in [-0.39, 0.29) is 12.2 Å². The Morgan fingerprint density at radius 2 is 1.35 bits per heavy atom. The van der Waals surface area contributed by atoms with Crippen LogP contribution >= 0.6 is 0 Å². The zero-order valence-electron chi connectivity index (χ0n) is 20.2. The van der Waals surface area contributed by atoms with Gasteiger partial charge in [0.15, 0.2) is 0 Å². The lowest BCUT2D eigenvalue weighted by atomic mass is 9.86. The molecule has 0 aromatic heterocycles. The third kappa shape index (κ3) is 6.52. The minimum absolute atomic E-state index is 0.279. The van der Waals surface area contributed by atoms with Crippen LogP contribution < -0.4 is 9.47 Å². The molecule has 34 heavy (non-hydrogen) atoms. The summed E-state index contributed by atoms with van der Waals surface area (Å²) in [5, 5.41) is 0. The van der Waals surface area contributed by atoms with Crippen LogP contribution in [0.15, 0.2) is 66.8 Å². The van der Waals surface area contributed by atoms with E-state index in [1.807, 2.05) is 0 Å². The Bertz CT molecular complexity index is 971. The fourth-order valence-corrected chi connectivity index (χ4v) is 4.42. The highest BCUT2D eigenvalue weighted by atomic mass is 16.6. The van der Waals surface area contributed by atoms with Crippen molar-refractivity contribution in [3.63, 3.8) is 0 Å². The van der Waals surface area contributed by atoms with Crippen LogP contribution in [0.5, 0.6) is 11.5 Å². The van der Waals surface area contributed by atoms with E-state index in [0.717, 1.165) is 31.1 Å². The van der Waals surface area contributed by atoms with E-state index in [1.165, 1.54) is 42.4 Å². The summed E-state index contributed by atoms with van der Waals surface area (Å²) in [6.07, 6.45) is 15.9. The summed E-state index contributed by atoms with van der Waals surface area (Å²) in [4.78, 5) is 0. The lowest BCUT2D eigenvalue weighted by molar-refractivity contribution is 0.261. The summed E-state index contributed by atoms with van der Waals surface area (Å²) in [7, 11) is 0. The van der Waals surface area contributed by atoms with Gasteiger partial charge in [-0.3, -0.25) is 0 Å². The maximum Gasteiger partial charge on any atom is 0.122 e. The van der Waals surface area contributed by atoms with E-state index in [1.54, 1.807) is 0 Å². The van der Waals surface area contributed by atoms with Crippen molar-refractivity contribution in [1.82, 2.24) is 0 Å². The number of ether oxygens (including phenoxy) is 4. The first-order valence-electron chi connectivity index (χ1n) is 12.9. The number of aryl methyl sites for hydroxylation is 1. The Kier molecular flexibility index (Phi) is 7.67. The average molecular weight is 461 g/mol. The van der Waals surface area contributed by atoms with Gasteiger partial charge in [-0.25, -0.2) is 0 Å². The van der Waals surface area contributed by atoms with Crippen LogP contribution in [0.4, 0.5) is 0 Å². The van der Waals surface area contributed by atoms with Gasteiger partial charge in [-0.15, -0.1) is 0 Å². The third-order valence-corrected chi connectivity index (χ3v) is 6.75. The van der Waals surface area contributed by atoms with Crippen molar-refractivity contribution in [2.75, 3.05) is 26.4 Å². The number of hydrogen-bond donors (Lipinski definition) is 0. The summed E-state index contributed by atoms with van der Waals surface area (Å²) in [6.45, 7) is 5.20. The monoisotopic (exact) mass is 460 g/mol. The molecule has 1 aliphatic carbocycles. The van der Waals surface area contributed by atoms with E-state index in [2.05, 4.69) is 73.7 Å². The van der Waals surface area contributed by atoms with Gasteiger partial charge in [-0.05, 0) is 47.7 Å². The van der Waals surface area contributed by atoms with E-state index >= 15 is 0 Å². The molecule has 2 aromatic rings.